The standard InChI is InChI=1S/C16H17N3O3S/c1-22-13-6-4-12(5-7-13)9-15(20)17-11-16(21)19-18-10-14-3-2-8-23-14/h2-8,10H,9,11H2,1H3,(H,17,20)(H,19,21)/b18-10-. The molecule has 0 fully saturated rings. The third-order valence-corrected chi connectivity index (χ3v) is 3.70. The molecule has 0 saturated heterocycles. The van der Waals surface area contributed by atoms with E-state index in [1.165, 1.54) is 11.3 Å². The molecule has 120 valence electrons. The number of nitrogens with zero attached hydrogens (tertiary/aromatic N) is 1. The molecule has 2 amide bonds. The molecule has 6 nitrogen and oxygen atoms in total. The van der Waals surface area contributed by atoms with Crippen LogP contribution in [0.15, 0.2) is 46.9 Å². The lowest BCUT2D eigenvalue weighted by Gasteiger charge is -2.05. The summed E-state index contributed by atoms with van der Waals surface area (Å²) in [5.41, 5.74) is 3.21. The number of benzene rings is 1. The van der Waals surface area contributed by atoms with Gasteiger partial charge in [-0.2, -0.15) is 5.10 Å². The Bertz CT molecular complexity index is 666. The number of hydrogen-bond donors (Lipinski definition) is 2. The van der Waals surface area contributed by atoms with Crippen molar-refractivity contribution >= 4 is 29.4 Å². The minimum atomic E-state index is -0.374. The molecule has 1 heterocycles. The molecular formula is C16H17N3O3S. The van der Waals surface area contributed by atoms with Crippen LogP contribution in [0.2, 0.25) is 0 Å². The zero-order valence-corrected chi connectivity index (χ0v) is 13.4. The average molecular weight is 331 g/mol. The molecule has 1 aromatic carbocycles. The van der Waals surface area contributed by atoms with E-state index in [0.29, 0.717) is 0 Å². The number of carbonyl (C=O) groups is 2. The molecule has 0 unspecified atom stereocenters. The SMILES string of the molecule is COc1ccc(CC(=O)NCC(=O)N/N=C\c2cccs2)cc1. The van der Waals surface area contributed by atoms with Gasteiger partial charge >= 0.3 is 0 Å². The number of rotatable bonds is 7. The molecule has 7 heteroatoms. The maximum absolute atomic E-state index is 11.8. The van der Waals surface area contributed by atoms with E-state index >= 15 is 0 Å². The molecule has 0 saturated carbocycles. The van der Waals surface area contributed by atoms with E-state index in [4.69, 9.17) is 4.74 Å². The topological polar surface area (TPSA) is 79.8 Å². The minimum Gasteiger partial charge on any atom is -0.497 e. The third-order valence-electron chi connectivity index (χ3n) is 2.89. The Kier molecular flexibility index (Phi) is 6.31. The maximum Gasteiger partial charge on any atom is 0.259 e. The monoisotopic (exact) mass is 331 g/mol. The number of carbonyl (C=O) groups excluding carboxylic acids is 2. The first-order valence-corrected chi connectivity index (χ1v) is 7.80. The fraction of sp³-hybridized carbons (Fsp3) is 0.188. The fourth-order valence-electron chi connectivity index (χ4n) is 1.74. The molecule has 1 aromatic heterocycles. The van der Waals surface area contributed by atoms with E-state index in [-0.39, 0.29) is 24.8 Å². The van der Waals surface area contributed by atoms with Gasteiger partial charge in [0.25, 0.3) is 5.91 Å². The van der Waals surface area contributed by atoms with Crippen LogP contribution in [0.1, 0.15) is 10.4 Å². The molecule has 0 aliphatic rings. The Morgan fingerprint density at radius 1 is 1.22 bits per heavy atom. The lowest BCUT2D eigenvalue weighted by molar-refractivity contribution is -0.125. The first kappa shape index (κ1) is 16.7. The van der Waals surface area contributed by atoms with E-state index in [1.54, 1.807) is 25.5 Å². The van der Waals surface area contributed by atoms with Crippen molar-refractivity contribution < 1.29 is 14.3 Å². The van der Waals surface area contributed by atoms with Gasteiger partial charge in [0, 0.05) is 4.88 Å². The number of amides is 2. The van der Waals surface area contributed by atoms with Crippen molar-refractivity contribution in [2.75, 3.05) is 13.7 Å². The van der Waals surface area contributed by atoms with E-state index in [0.717, 1.165) is 16.2 Å². The van der Waals surface area contributed by atoms with Gasteiger partial charge in [0.1, 0.15) is 5.75 Å². The molecule has 0 bridgehead atoms. The second kappa shape index (κ2) is 8.70. The summed E-state index contributed by atoms with van der Waals surface area (Å²) in [6.07, 6.45) is 1.76. The highest BCUT2D eigenvalue weighted by Crippen LogP contribution is 2.11. The summed E-state index contributed by atoms with van der Waals surface area (Å²) in [7, 11) is 1.58. The van der Waals surface area contributed by atoms with Crippen molar-refractivity contribution in [2.45, 2.75) is 6.42 Å². The van der Waals surface area contributed by atoms with Gasteiger partial charge in [-0.3, -0.25) is 9.59 Å². The first-order chi connectivity index (χ1) is 11.2. The molecule has 2 N–H and O–H groups in total. The van der Waals surface area contributed by atoms with Crippen LogP contribution < -0.4 is 15.5 Å². The number of hydrazone groups is 1. The molecule has 0 spiro atoms. The summed E-state index contributed by atoms with van der Waals surface area (Å²) >= 11 is 1.52. The molecule has 2 rings (SSSR count). The van der Waals surface area contributed by atoms with E-state index in [9.17, 15) is 9.59 Å². The van der Waals surface area contributed by atoms with Crippen LogP contribution in [0.4, 0.5) is 0 Å². The quantitative estimate of drug-likeness (QED) is 0.597. The Morgan fingerprint density at radius 2 is 2.00 bits per heavy atom. The second-order valence-corrected chi connectivity index (χ2v) is 5.59. The minimum absolute atomic E-state index is 0.114. The Morgan fingerprint density at radius 3 is 2.65 bits per heavy atom. The predicted molar refractivity (Wildman–Crippen MR) is 89.8 cm³/mol. The van der Waals surface area contributed by atoms with Gasteiger partial charge in [-0.15, -0.1) is 11.3 Å². The molecule has 0 radical (unpaired) electrons. The molecular weight excluding hydrogens is 314 g/mol. The van der Waals surface area contributed by atoms with Crippen molar-refractivity contribution in [1.29, 1.82) is 0 Å². The summed E-state index contributed by atoms with van der Waals surface area (Å²) in [5.74, 6) is 0.130. The van der Waals surface area contributed by atoms with Crippen LogP contribution in [0.5, 0.6) is 5.75 Å². The number of ether oxygens (including phenoxy) is 1. The average Bonchev–Trinajstić information content (AvgIpc) is 3.07. The highest BCUT2D eigenvalue weighted by molar-refractivity contribution is 7.11. The van der Waals surface area contributed by atoms with Crippen molar-refractivity contribution in [1.82, 2.24) is 10.7 Å². The van der Waals surface area contributed by atoms with E-state index in [1.807, 2.05) is 29.6 Å². The zero-order chi connectivity index (χ0) is 16.5. The van der Waals surface area contributed by atoms with Gasteiger partial charge in [-0.1, -0.05) is 18.2 Å². The van der Waals surface area contributed by atoms with Crippen molar-refractivity contribution in [3.63, 3.8) is 0 Å². The Labute approximate surface area is 138 Å². The van der Waals surface area contributed by atoms with Crippen LogP contribution in [-0.2, 0) is 16.0 Å². The second-order valence-electron chi connectivity index (χ2n) is 4.61. The summed E-state index contributed by atoms with van der Waals surface area (Å²) in [4.78, 5) is 24.3. The highest BCUT2D eigenvalue weighted by Gasteiger charge is 2.06. The molecule has 0 aliphatic carbocycles. The molecule has 23 heavy (non-hydrogen) atoms. The smallest absolute Gasteiger partial charge is 0.259 e. The number of methoxy groups -OCH3 is 1. The van der Waals surface area contributed by atoms with Gasteiger partial charge < -0.3 is 10.1 Å². The normalized spacial score (nSPS) is 10.5. The largest absolute Gasteiger partial charge is 0.497 e. The van der Waals surface area contributed by atoms with Crippen LogP contribution >= 0.6 is 11.3 Å². The summed E-state index contributed by atoms with van der Waals surface area (Å²) in [6, 6.07) is 11.0. The predicted octanol–water partition coefficient (Wildman–Crippen LogP) is 1.57. The first-order valence-electron chi connectivity index (χ1n) is 6.92. The van der Waals surface area contributed by atoms with Crippen LogP contribution in [-0.4, -0.2) is 31.7 Å². The van der Waals surface area contributed by atoms with Gasteiger partial charge in [-0.25, -0.2) is 5.43 Å². The van der Waals surface area contributed by atoms with Crippen molar-refractivity contribution in [2.24, 2.45) is 5.10 Å². The van der Waals surface area contributed by atoms with Gasteiger partial charge in [-0.05, 0) is 29.1 Å². The highest BCUT2D eigenvalue weighted by atomic mass is 32.1. The van der Waals surface area contributed by atoms with Gasteiger partial charge in [0.15, 0.2) is 0 Å². The summed E-state index contributed by atoms with van der Waals surface area (Å²) in [6.45, 7) is -0.114. The van der Waals surface area contributed by atoms with Crippen LogP contribution in [0, 0.1) is 0 Å². The van der Waals surface area contributed by atoms with Gasteiger partial charge in [0.2, 0.25) is 5.91 Å². The van der Waals surface area contributed by atoms with E-state index in [2.05, 4.69) is 15.8 Å². The lowest BCUT2D eigenvalue weighted by atomic mass is 10.1. The number of thiophene rings is 1. The zero-order valence-electron chi connectivity index (χ0n) is 12.6. The number of nitrogens with one attached hydrogen (secondary N) is 2. The van der Waals surface area contributed by atoms with Crippen LogP contribution in [0.3, 0.4) is 0 Å². The molecule has 0 atom stereocenters. The molecule has 2 aromatic rings. The Hall–Kier alpha value is -2.67. The summed E-state index contributed by atoms with van der Waals surface area (Å²) < 4.78 is 5.05. The Balaban J connectivity index is 1.69. The van der Waals surface area contributed by atoms with Gasteiger partial charge in [0.05, 0.1) is 26.3 Å². The summed E-state index contributed by atoms with van der Waals surface area (Å²) in [5, 5.41) is 8.28. The maximum atomic E-state index is 11.8. The van der Waals surface area contributed by atoms with E-state index < -0.39 is 0 Å². The van der Waals surface area contributed by atoms with Crippen molar-refractivity contribution in [3.05, 3.63) is 52.2 Å². The molecule has 0 aliphatic heterocycles. The van der Waals surface area contributed by atoms with Crippen LogP contribution in [0.25, 0.3) is 0 Å². The third kappa shape index (κ3) is 5.91. The van der Waals surface area contributed by atoms with Crippen molar-refractivity contribution in [3.8, 4) is 5.75 Å². The fourth-order valence-corrected chi connectivity index (χ4v) is 2.33. The lowest BCUT2D eigenvalue weighted by Crippen LogP contribution is -2.35. The number of hydrogen-bond acceptors (Lipinski definition) is 5.